The van der Waals surface area contributed by atoms with Crippen LogP contribution in [0.5, 0.6) is 5.75 Å². The van der Waals surface area contributed by atoms with Crippen LogP contribution in [-0.2, 0) is 4.79 Å². The first kappa shape index (κ1) is 14.0. The summed E-state index contributed by atoms with van der Waals surface area (Å²) in [6.07, 6.45) is 0. The van der Waals surface area contributed by atoms with Crippen molar-refractivity contribution in [2.45, 2.75) is 12.8 Å². The molecule has 0 aliphatic carbocycles. The number of amides is 1. The van der Waals surface area contributed by atoms with Gasteiger partial charge in [-0.2, -0.15) is 0 Å². The number of carbonyl (C=O) groups is 1. The number of nitrogens with zero attached hydrogens (tertiary/aromatic N) is 1. The number of hydrogen-bond donors (Lipinski definition) is 3. The number of hydrogen-bond acceptors (Lipinski definition) is 4. The fraction of sp³-hybridized carbons (Fsp3) is 0.200. The van der Waals surface area contributed by atoms with Gasteiger partial charge in [0.2, 0.25) is 5.91 Å². The lowest BCUT2D eigenvalue weighted by Crippen LogP contribution is -2.27. The van der Waals surface area contributed by atoms with Gasteiger partial charge in [0.05, 0.1) is 5.92 Å². The topological polar surface area (TPSA) is 88.2 Å². The van der Waals surface area contributed by atoms with E-state index in [0.717, 1.165) is 5.56 Å². The molecule has 0 spiro atoms. The Morgan fingerprint density at radius 2 is 2.00 bits per heavy atom. The molecule has 104 valence electrons. The summed E-state index contributed by atoms with van der Waals surface area (Å²) in [5, 5.41) is 12.3. The Labute approximate surface area is 117 Å². The van der Waals surface area contributed by atoms with E-state index >= 15 is 0 Å². The summed E-state index contributed by atoms with van der Waals surface area (Å²) in [7, 11) is 0. The van der Waals surface area contributed by atoms with E-state index in [1.807, 2.05) is 30.3 Å². The van der Waals surface area contributed by atoms with Crippen molar-refractivity contribution in [1.82, 2.24) is 4.98 Å². The Bertz CT molecular complexity index is 599. The number of anilines is 1. The predicted molar refractivity (Wildman–Crippen MR) is 77.5 cm³/mol. The highest BCUT2D eigenvalue weighted by atomic mass is 16.3. The monoisotopic (exact) mass is 271 g/mol. The maximum atomic E-state index is 12.3. The Hall–Kier alpha value is -2.40. The van der Waals surface area contributed by atoms with Gasteiger partial charge < -0.3 is 16.2 Å². The maximum absolute atomic E-state index is 12.3. The standard InChI is InChI=1S/C15H17N3O2/c1-10-7-8-13(19)14(17-10)18-15(20)12(9-16)11-5-3-2-4-6-11/h2-8,12,19H,9,16H2,1H3,(H,17,18,20). The predicted octanol–water partition coefficient (Wildman–Crippen LogP) is 1.78. The lowest BCUT2D eigenvalue weighted by Gasteiger charge is -2.15. The number of rotatable bonds is 4. The zero-order valence-corrected chi connectivity index (χ0v) is 11.2. The van der Waals surface area contributed by atoms with Crippen LogP contribution in [-0.4, -0.2) is 22.5 Å². The summed E-state index contributed by atoms with van der Waals surface area (Å²) in [5.74, 6) is -0.665. The molecule has 1 atom stereocenters. The molecule has 1 unspecified atom stereocenters. The molecular weight excluding hydrogens is 254 g/mol. The van der Waals surface area contributed by atoms with Crippen molar-refractivity contribution >= 4 is 11.7 Å². The summed E-state index contributed by atoms with van der Waals surface area (Å²) < 4.78 is 0. The van der Waals surface area contributed by atoms with Gasteiger partial charge in [-0.05, 0) is 24.6 Å². The number of carbonyl (C=O) groups excluding carboxylic acids is 1. The van der Waals surface area contributed by atoms with Crippen LogP contribution >= 0.6 is 0 Å². The summed E-state index contributed by atoms with van der Waals surface area (Å²) in [5.41, 5.74) is 7.23. The van der Waals surface area contributed by atoms with E-state index in [-0.39, 0.29) is 24.0 Å². The molecule has 1 aromatic heterocycles. The molecule has 4 N–H and O–H groups in total. The normalized spacial score (nSPS) is 11.9. The van der Waals surface area contributed by atoms with Gasteiger partial charge in [0, 0.05) is 12.2 Å². The number of pyridine rings is 1. The third-order valence-corrected chi connectivity index (χ3v) is 3.01. The van der Waals surface area contributed by atoms with Crippen molar-refractivity contribution in [3.63, 3.8) is 0 Å². The summed E-state index contributed by atoms with van der Waals surface area (Å²) >= 11 is 0. The van der Waals surface area contributed by atoms with Gasteiger partial charge in [-0.1, -0.05) is 30.3 Å². The Morgan fingerprint density at radius 3 is 2.65 bits per heavy atom. The Morgan fingerprint density at radius 1 is 1.30 bits per heavy atom. The Kier molecular flexibility index (Phi) is 4.32. The highest BCUT2D eigenvalue weighted by molar-refractivity contribution is 5.96. The van der Waals surface area contributed by atoms with E-state index in [0.29, 0.717) is 5.69 Å². The minimum atomic E-state index is -0.474. The van der Waals surface area contributed by atoms with Crippen LogP contribution in [0, 0.1) is 6.92 Å². The van der Waals surface area contributed by atoms with E-state index in [4.69, 9.17) is 5.73 Å². The van der Waals surface area contributed by atoms with E-state index in [1.54, 1.807) is 13.0 Å². The molecule has 2 aromatic rings. The van der Waals surface area contributed by atoms with E-state index in [2.05, 4.69) is 10.3 Å². The molecule has 0 bridgehead atoms. The maximum Gasteiger partial charge on any atom is 0.234 e. The molecule has 0 radical (unpaired) electrons. The van der Waals surface area contributed by atoms with Crippen molar-refractivity contribution in [3.8, 4) is 5.75 Å². The van der Waals surface area contributed by atoms with Gasteiger partial charge in [0.25, 0.3) is 0 Å². The molecule has 20 heavy (non-hydrogen) atoms. The number of aromatic nitrogens is 1. The second kappa shape index (κ2) is 6.16. The number of aryl methyl sites for hydroxylation is 1. The van der Waals surface area contributed by atoms with Crippen LogP contribution in [0.15, 0.2) is 42.5 Å². The second-order valence-corrected chi connectivity index (χ2v) is 4.51. The van der Waals surface area contributed by atoms with Crippen LogP contribution in [0.25, 0.3) is 0 Å². The van der Waals surface area contributed by atoms with Gasteiger partial charge in [0.15, 0.2) is 11.6 Å². The van der Waals surface area contributed by atoms with Crippen LogP contribution in [0.4, 0.5) is 5.82 Å². The van der Waals surface area contributed by atoms with Crippen LogP contribution in [0.1, 0.15) is 17.2 Å². The summed E-state index contributed by atoms with van der Waals surface area (Å²) in [4.78, 5) is 16.4. The summed E-state index contributed by atoms with van der Waals surface area (Å²) in [6, 6.07) is 12.5. The third-order valence-electron chi connectivity index (χ3n) is 3.01. The first-order valence-electron chi connectivity index (χ1n) is 6.34. The molecule has 0 saturated heterocycles. The van der Waals surface area contributed by atoms with Crippen LogP contribution < -0.4 is 11.1 Å². The van der Waals surface area contributed by atoms with Crippen LogP contribution in [0.3, 0.4) is 0 Å². The van der Waals surface area contributed by atoms with Gasteiger partial charge in [0.1, 0.15) is 0 Å². The second-order valence-electron chi connectivity index (χ2n) is 4.51. The fourth-order valence-corrected chi connectivity index (χ4v) is 1.93. The highest BCUT2D eigenvalue weighted by Crippen LogP contribution is 2.23. The average Bonchev–Trinajstić information content (AvgIpc) is 2.45. The molecule has 5 heteroatoms. The minimum Gasteiger partial charge on any atom is -0.504 e. The van der Waals surface area contributed by atoms with E-state index in [9.17, 15) is 9.90 Å². The molecule has 2 rings (SSSR count). The number of aromatic hydroxyl groups is 1. The molecule has 1 amide bonds. The SMILES string of the molecule is Cc1ccc(O)c(NC(=O)C(CN)c2ccccc2)n1. The lowest BCUT2D eigenvalue weighted by atomic mass is 9.98. The van der Waals surface area contributed by atoms with Gasteiger partial charge >= 0.3 is 0 Å². The average molecular weight is 271 g/mol. The molecule has 0 aliphatic heterocycles. The van der Waals surface area contributed by atoms with Crippen molar-refractivity contribution in [3.05, 3.63) is 53.7 Å². The first-order chi connectivity index (χ1) is 9.61. The largest absolute Gasteiger partial charge is 0.504 e. The zero-order valence-electron chi connectivity index (χ0n) is 11.2. The number of nitrogens with one attached hydrogen (secondary N) is 1. The molecule has 1 heterocycles. The van der Waals surface area contributed by atoms with Gasteiger partial charge in [-0.15, -0.1) is 0 Å². The highest BCUT2D eigenvalue weighted by Gasteiger charge is 2.20. The smallest absolute Gasteiger partial charge is 0.234 e. The van der Waals surface area contributed by atoms with E-state index < -0.39 is 5.92 Å². The van der Waals surface area contributed by atoms with Crippen molar-refractivity contribution < 1.29 is 9.90 Å². The van der Waals surface area contributed by atoms with Crippen molar-refractivity contribution in [2.24, 2.45) is 5.73 Å². The van der Waals surface area contributed by atoms with Crippen LogP contribution in [0.2, 0.25) is 0 Å². The third kappa shape index (κ3) is 3.13. The minimum absolute atomic E-state index is 0.0622. The molecule has 0 saturated carbocycles. The first-order valence-corrected chi connectivity index (χ1v) is 6.34. The quantitative estimate of drug-likeness (QED) is 0.790. The number of nitrogens with two attached hydrogens (primary N) is 1. The molecule has 1 aromatic carbocycles. The number of benzene rings is 1. The molecule has 0 fully saturated rings. The van der Waals surface area contributed by atoms with Crippen molar-refractivity contribution in [1.29, 1.82) is 0 Å². The zero-order chi connectivity index (χ0) is 14.5. The summed E-state index contributed by atoms with van der Waals surface area (Å²) in [6.45, 7) is 1.97. The molecule has 0 aliphatic rings. The lowest BCUT2D eigenvalue weighted by molar-refractivity contribution is -0.117. The van der Waals surface area contributed by atoms with E-state index in [1.165, 1.54) is 6.07 Å². The Balaban J connectivity index is 2.20. The molecule has 5 nitrogen and oxygen atoms in total. The van der Waals surface area contributed by atoms with Gasteiger partial charge in [-0.25, -0.2) is 4.98 Å². The molecular formula is C15H17N3O2. The fourth-order valence-electron chi connectivity index (χ4n) is 1.93. The van der Waals surface area contributed by atoms with Crippen molar-refractivity contribution in [2.75, 3.05) is 11.9 Å². The van der Waals surface area contributed by atoms with Gasteiger partial charge in [-0.3, -0.25) is 4.79 Å².